The SMILES string of the molecule is Nc1nc(NC2CCSC2)cc(C(F)(F)F)n1. The molecule has 17 heavy (non-hydrogen) atoms. The Labute approximate surface area is 100 Å². The molecule has 8 heteroatoms. The maximum Gasteiger partial charge on any atom is 0.433 e. The van der Waals surface area contributed by atoms with Gasteiger partial charge in [-0.25, -0.2) is 4.98 Å². The van der Waals surface area contributed by atoms with E-state index in [4.69, 9.17) is 5.73 Å². The fourth-order valence-electron chi connectivity index (χ4n) is 1.54. The second-order valence-electron chi connectivity index (χ2n) is 3.70. The Balaban J connectivity index is 2.19. The van der Waals surface area contributed by atoms with Crippen LogP contribution in [0.2, 0.25) is 0 Å². The number of hydrogen-bond donors (Lipinski definition) is 2. The highest BCUT2D eigenvalue weighted by Crippen LogP contribution is 2.30. The van der Waals surface area contributed by atoms with Crippen molar-refractivity contribution in [2.45, 2.75) is 18.6 Å². The number of rotatable bonds is 2. The van der Waals surface area contributed by atoms with E-state index in [1.165, 1.54) is 0 Å². The summed E-state index contributed by atoms with van der Waals surface area (Å²) in [5.74, 6) is 1.64. The summed E-state index contributed by atoms with van der Waals surface area (Å²) in [6, 6.07) is 1.04. The van der Waals surface area contributed by atoms with Gasteiger partial charge in [-0.3, -0.25) is 0 Å². The highest BCUT2D eigenvalue weighted by Gasteiger charge is 2.33. The number of alkyl halides is 3. The first-order valence-electron chi connectivity index (χ1n) is 5.01. The summed E-state index contributed by atoms with van der Waals surface area (Å²) < 4.78 is 37.5. The van der Waals surface area contributed by atoms with Gasteiger partial charge in [-0.15, -0.1) is 0 Å². The van der Waals surface area contributed by atoms with Crippen molar-refractivity contribution in [1.82, 2.24) is 9.97 Å². The maximum atomic E-state index is 12.5. The van der Waals surface area contributed by atoms with Gasteiger partial charge in [-0.1, -0.05) is 0 Å². The summed E-state index contributed by atoms with van der Waals surface area (Å²) in [4.78, 5) is 6.93. The van der Waals surface area contributed by atoms with E-state index in [1.807, 2.05) is 0 Å². The van der Waals surface area contributed by atoms with E-state index < -0.39 is 11.9 Å². The summed E-state index contributed by atoms with van der Waals surface area (Å²) in [7, 11) is 0. The third-order valence-electron chi connectivity index (χ3n) is 2.32. The van der Waals surface area contributed by atoms with Gasteiger partial charge in [0.05, 0.1) is 0 Å². The minimum Gasteiger partial charge on any atom is -0.368 e. The Hall–Kier alpha value is -1.18. The smallest absolute Gasteiger partial charge is 0.368 e. The van der Waals surface area contributed by atoms with Crippen molar-refractivity contribution in [3.8, 4) is 0 Å². The van der Waals surface area contributed by atoms with Crippen LogP contribution in [0.4, 0.5) is 24.9 Å². The lowest BCUT2D eigenvalue weighted by Crippen LogP contribution is -2.20. The van der Waals surface area contributed by atoms with Gasteiger partial charge >= 0.3 is 6.18 Å². The molecule has 2 heterocycles. The number of nitrogens with one attached hydrogen (secondary N) is 1. The zero-order chi connectivity index (χ0) is 12.5. The van der Waals surface area contributed by atoms with Crippen LogP contribution in [0.25, 0.3) is 0 Å². The average molecular weight is 264 g/mol. The molecule has 0 aromatic carbocycles. The van der Waals surface area contributed by atoms with Crippen molar-refractivity contribution in [1.29, 1.82) is 0 Å². The van der Waals surface area contributed by atoms with Gasteiger partial charge in [0.15, 0.2) is 5.69 Å². The molecule has 0 saturated carbocycles. The minimum absolute atomic E-state index is 0.136. The zero-order valence-electron chi connectivity index (χ0n) is 8.79. The van der Waals surface area contributed by atoms with Crippen molar-refractivity contribution >= 4 is 23.5 Å². The lowest BCUT2D eigenvalue weighted by Gasteiger charge is -2.14. The van der Waals surface area contributed by atoms with Gasteiger partial charge in [-0.05, 0) is 12.2 Å². The van der Waals surface area contributed by atoms with Crippen LogP contribution in [0.3, 0.4) is 0 Å². The summed E-state index contributed by atoms with van der Waals surface area (Å²) in [5.41, 5.74) is 4.25. The Morgan fingerprint density at radius 3 is 2.76 bits per heavy atom. The molecule has 1 unspecified atom stereocenters. The molecular formula is C9H11F3N4S. The number of hydrogen-bond acceptors (Lipinski definition) is 5. The van der Waals surface area contributed by atoms with E-state index in [1.54, 1.807) is 11.8 Å². The van der Waals surface area contributed by atoms with Crippen LogP contribution in [0.1, 0.15) is 12.1 Å². The number of nitrogens with zero attached hydrogens (tertiary/aromatic N) is 2. The monoisotopic (exact) mass is 264 g/mol. The van der Waals surface area contributed by atoms with Gasteiger partial charge in [0.2, 0.25) is 5.95 Å². The number of nitrogen functional groups attached to an aromatic ring is 1. The lowest BCUT2D eigenvalue weighted by molar-refractivity contribution is -0.141. The lowest BCUT2D eigenvalue weighted by atomic mass is 10.2. The molecule has 0 aliphatic carbocycles. The zero-order valence-corrected chi connectivity index (χ0v) is 9.61. The average Bonchev–Trinajstić information content (AvgIpc) is 2.68. The van der Waals surface area contributed by atoms with E-state index in [-0.39, 0.29) is 17.8 Å². The Morgan fingerprint density at radius 2 is 2.18 bits per heavy atom. The molecule has 0 bridgehead atoms. The van der Waals surface area contributed by atoms with Crippen LogP contribution >= 0.6 is 11.8 Å². The molecule has 1 atom stereocenters. The summed E-state index contributed by atoms with van der Waals surface area (Å²) in [6.45, 7) is 0. The van der Waals surface area contributed by atoms with E-state index in [0.717, 1.165) is 24.0 Å². The third kappa shape index (κ3) is 3.15. The van der Waals surface area contributed by atoms with E-state index >= 15 is 0 Å². The predicted molar refractivity (Wildman–Crippen MR) is 60.8 cm³/mol. The predicted octanol–water partition coefficient (Wildman–Crippen LogP) is 2.00. The van der Waals surface area contributed by atoms with E-state index in [2.05, 4.69) is 15.3 Å². The molecule has 1 saturated heterocycles. The number of aromatic nitrogens is 2. The van der Waals surface area contributed by atoms with Crippen molar-refractivity contribution in [2.75, 3.05) is 22.6 Å². The van der Waals surface area contributed by atoms with Gasteiger partial charge in [0, 0.05) is 17.9 Å². The van der Waals surface area contributed by atoms with Gasteiger partial charge in [0.25, 0.3) is 0 Å². The fraction of sp³-hybridized carbons (Fsp3) is 0.556. The maximum absolute atomic E-state index is 12.5. The van der Waals surface area contributed by atoms with E-state index in [9.17, 15) is 13.2 Å². The number of halogens is 3. The molecule has 1 aromatic rings. The first kappa shape index (κ1) is 12.3. The molecule has 0 amide bonds. The van der Waals surface area contributed by atoms with Crippen LogP contribution in [0, 0.1) is 0 Å². The normalized spacial score (nSPS) is 20.5. The van der Waals surface area contributed by atoms with Crippen molar-refractivity contribution < 1.29 is 13.2 Å². The topological polar surface area (TPSA) is 63.8 Å². The Bertz CT molecular complexity index is 404. The summed E-state index contributed by atoms with van der Waals surface area (Å²) in [6.07, 6.45) is -3.59. The molecule has 0 spiro atoms. The van der Waals surface area contributed by atoms with Gasteiger partial charge < -0.3 is 11.1 Å². The molecule has 1 fully saturated rings. The Kier molecular flexibility index (Phi) is 3.32. The molecule has 2 rings (SSSR count). The molecule has 1 aliphatic rings. The molecule has 3 N–H and O–H groups in total. The van der Waals surface area contributed by atoms with Crippen molar-refractivity contribution in [3.05, 3.63) is 11.8 Å². The molecule has 4 nitrogen and oxygen atoms in total. The van der Waals surface area contributed by atoms with Crippen LogP contribution < -0.4 is 11.1 Å². The summed E-state index contributed by atoms with van der Waals surface area (Å²) >= 11 is 1.76. The summed E-state index contributed by atoms with van der Waals surface area (Å²) in [5, 5.41) is 2.94. The number of anilines is 2. The highest BCUT2D eigenvalue weighted by molar-refractivity contribution is 7.99. The Morgan fingerprint density at radius 1 is 1.41 bits per heavy atom. The first-order chi connectivity index (χ1) is 7.95. The van der Waals surface area contributed by atoms with Crippen LogP contribution in [-0.2, 0) is 6.18 Å². The first-order valence-corrected chi connectivity index (χ1v) is 6.16. The second kappa shape index (κ2) is 4.59. The molecule has 0 radical (unpaired) electrons. The van der Waals surface area contributed by atoms with Gasteiger partial charge in [-0.2, -0.15) is 29.9 Å². The van der Waals surface area contributed by atoms with Crippen molar-refractivity contribution in [3.63, 3.8) is 0 Å². The molecule has 94 valence electrons. The van der Waals surface area contributed by atoms with E-state index in [0.29, 0.717) is 0 Å². The van der Waals surface area contributed by atoms with Gasteiger partial charge in [0.1, 0.15) is 5.82 Å². The number of nitrogens with two attached hydrogens (primary N) is 1. The quantitative estimate of drug-likeness (QED) is 0.855. The third-order valence-corrected chi connectivity index (χ3v) is 3.48. The second-order valence-corrected chi connectivity index (χ2v) is 4.85. The standard InChI is InChI=1S/C9H11F3N4S/c10-9(11,12)6-3-7(16-8(13)15-6)14-5-1-2-17-4-5/h3,5H,1-2,4H2,(H3,13,14,15,16). The minimum atomic E-state index is -4.50. The number of thioether (sulfide) groups is 1. The molecule has 1 aromatic heterocycles. The largest absolute Gasteiger partial charge is 0.433 e. The van der Waals surface area contributed by atoms with Crippen LogP contribution in [0.5, 0.6) is 0 Å². The fourth-order valence-corrected chi connectivity index (χ4v) is 2.69. The highest BCUT2D eigenvalue weighted by atomic mass is 32.2. The van der Waals surface area contributed by atoms with Crippen molar-refractivity contribution in [2.24, 2.45) is 0 Å². The molecule has 1 aliphatic heterocycles. The molecular weight excluding hydrogens is 253 g/mol. The van der Waals surface area contributed by atoms with Crippen LogP contribution in [0.15, 0.2) is 6.07 Å². The van der Waals surface area contributed by atoms with Crippen LogP contribution in [-0.4, -0.2) is 27.5 Å².